The SMILES string of the molecule is O=[N+]([O-])c1ccc(-c2nn[se]c2S(=O)(=O)c2ccccc2)cc1. The molecule has 0 amide bonds. The van der Waals surface area contributed by atoms with E-state index in [9.17, 15) is 18.5 Å². The van der Waals surface area contributed by atoms with E-state index in [1.807, 2.05) is 0 Å². The Balaban J connectivity index is 2.08. The second kappa shape index (κ2) is 6.04. The average molecular weight is 394 g/mol. The minimum absolute atomic E-state index is 0.0673. The molecule has 0 aliphatic heterocycles. The summed E-state index contributed by atoms with van der Waals surface area (Å²) in [7, 11) is -3.68. The van der Waals surface area contributed by atoms with Gasteiger partial charge in [0.25, 0.3) is 0 Å². The Kier molecular flexibility index (Phi) is 4.08. The summed E-state index contributed by atoms with van der Waals surface area (Å²) in [6.07, 6.45) is 0. The molecule has 0 N–H and O–H groups in total. The number of aromatic nitrogens is 2. The first-order valence-electron chi connectivity index (χ1n) is 6.37. The van der Waals surface area contributed by atoms with Gasteiger partial charge >= 0.3 is 137 Å². The number of benzene rings is 2. The second-order valence-electron chi connectivity index (χ2n) is 4.53. The number of nitro groups is 1. The second-order valence-corrected chi connectivity index (χ2v) is 8.58. The molecule has 0 atom stereocenters. The molecule has 0 spiro atoms. The third-order valence-corrected chi connectivity index (χ3v) is 7.55. The van der Waals surface area contributed by atoms with E-state index in [2.05, 4.69) is 9.19 Å². The zero-order chi connectivity index (χ0) is 16.4. The van der Waals surface area contributed by atoms with Gasteiger partial charge in [-0.15, -0.1) is 0 Å². The predicted molar refractivity (Wildman–Crippen MR) is 83.0 cm³/mol. The Morgan fingerprint density at radius 2 is 1.65 bits per heavy atom. The molecule has 0 radical (unpaired) electrons. The van der Waals surface area contributed by atoms with E-state index in [4.69, 9.17) is 0 Å². The van der Waals surface area contributed by atoms with E-state index < -0.39 is 29.5 Å². The number of rotatable bonds is 4. The van der Waals surface area contributed by atoms with Crippen molar-refractivity contribution in [3.63, 3.8) is 0 Å². The Bertz CT molecular complexity index is 953. The third-order valence-electron chi connectivity index (χ3n) is 3.11. The molecular formula is C14H9N3O4SSe. The van der Waals surface area contributed by atoms with Crippen LogP contribution in [-0.4, -0.2) is 37.3 Å². The van der Waals surface area contributed by atoms with Gasteiger partial charge in [-0.25, -0.2) is 0 Å². The number of nitro benzene ring substituents is 1. The maximum absolute atomic E-state index is 12.7. The zero-order valence-corrected chi connectivity index (χ0v) is 14.0. The molecule has 0 aliphatic carbocycles. The van der Waals surface area contributed by atoms with Crippen LogP contribution in [0, 0.1) is 10.1 Å². The van der Waals surface area contributed by atoms with Gasteiger partial charge in [0, 0.05) is 0 Å². The summed E-state index contributed by atoms with van der Waals surface area (Å²) in [5.74, 6) is 0. The predicted octanol–water partition coefficient (Wildman–Crippen LogP) is 1.94. The van der Waals surface area contributed by atoms with E-state index in [0.29, 0.717) is 5.56 Å². The fraction of sp³-hybridized carbons (Fsp3) is 0. The quantitative estimate of drug-likeness (QED) is 0.381. The van der Waals surface area contributed by atoms with Crippen molar-refractivity contribution >= 4 is 30.3 Å². The van der Waals surface area contributed by atoms with Gasteiger partial charge in [-0.2, -0.15) is 0 Å². The number of sulfone groups is 1. The maximum atomic E-state index is 12.7. The van der Waals surface area contributed by atoms with Crippen LogP contribution in [0.3, 0.4) is 0 Å². The van der Waals surface area contributed by atoms with Crippen LogP contribution in [0.25, 0.3) is 11.3 Å². The summed E-state index contributed by atoms with van der Waals surface area (Å²) in [5, 5.41) is 14.6. The van der Waals surface area contributed by atoms with E-state index in [-0.39, 0.29) is 20.0 Å². The normalized spacial score (nSPS) is 11.3. The van der Waals surface area contributed by atoms with Crippen LogP contribution < -0.4 is 0 Å². The van der Waals surface area contributed by atoms with Gasteiger partial charge in [0.1, 0.15) is 0 Å². The van der Waals surface area contributed by atoms with E-state index in [0.717, 1.165) is 0 Å². The van der Waals surface area contributed by atoms with E-state index >= 15 is 0 Å². The molecule has 0 fully saturated rings. The van der Waals surface area contributed by atoms with Crippen molar-refractivity contribution in [1.29, 1.82) is 0 Å². The third kappa shape index (κ3) is 2.94. The Hall–Kier alpha value is -2.35. The Labute approximate surface area is 137 Å². The van der Waals surface area contributed by atoms with Gasteiger partial charge in [-0.3, -0.25) is 0 Å². The average Bonchev–Trinajstić information content (AvgIpc) is 3.06. The van der Waals surface area contributed by atoms with Gasteiger partial charge in [-0.1, -0.05) is 0 Å². The fourth-order valence-electron chi connectivity index (χ4n) is 1.98. The molecule has 3 rings (SSSR count). The molecule has 0 saturated carbocycles. The van der Waals surface area contributed by atoms with Gasteiger partial charge in [0.2, 0.25) is 0 Å². The summed E-state index contributed by atoms with van der Waals surface area (Å²) in [5.41, 5.74) is 0.680. The van der Waals surface area contributed by atoms with Crippen molar-refractivity contribution in [2.24, 2.45) is 0 Å². The first-order chi connectivity index (χ1) is 11.0. The topological polar surface area (TPSA) is 103 Å². The molecule has 2 aromatic carbocycles. The minimum atomic E-state index is -3.68. The van der Waals surface area contributed by atoms with Crippen molar-refractivity contribution in [3.8, 4) is 11.3 Å². The molecule has 9 heteroatoms. The van der Waals surface area contributed by atoms with Crippen molar-refractivity contribution in [2.45, 2.75) is 8.66 Å². The summed E-state index contributed by atoms with van der Waals surface area (Å²) in [4.78, 5) is 10.4. The monoisotopic (exact) mass is 395 g/mol. The fourth-order valence-corrected chi connectivity index (χ4v) is 5.55. The molecule has 1 aromatic heterocycles. The Morgan fingerprint density at radius 1 is 1.00 bits per heavy atom. The molecule has 0 unspecified atom stereocenters. The first kappa shape index (κ1) is 15.5. The van der Waals surface area contributed by atoms with Gasteiger partial charge in [-0.05, 0) is 0 Å². The van der Waals surface area contributed by atoms with Crippen molar-refractivity contribution < 1.29 is 13.3 Å². The van der Waals surface area contributed by atoms with E-state index in [1.165, 1.54) is 36.4 Å². The van der Waals surface area contributed by atoms with Gasteiger partial charge in [0.05, 0.1) is 0 Å². The first-order valence-corrected chi connectivity index (χ1v) is 9.48. The van der Waals surface area contributed by atoms with Crippen molar-refractivity contribution in [1.82, 2.24) is 9.19 Å². The molecule has 116 valence electrons. The molecule has 0 saturated heterocycles. The summed E-state index contributed by atoms with van der Waals surface area (Å²) in [6, 6.07) is 13.7. The van der Waals surface area contributed by atoms with Crippen molar-refractivity contribution in [2.75, 3.05) is 0 Å². The summed E-state index contributed by atoms with van der Waals surface area (Å²) < 4.78 is 29.5. The van der Waals surface area contributed by atoms with Crippen LogP contribution in [0.4, 0.5) is 5.69 Å². The molecule has 23 heavy (non-hydrogen) atoms. The van der Waals surface area contributed by atoms with Crippen LogP contribution in [0.2, 0.25) is 0 Å². The number of hydrogen-bond acceptors (Lipinski definition) is 6. The molecule has 7 nitrogen and oxygen atoms in total. The van der Waals surface area contributed by atoms with Crippen molar-refractivity contribution in [3.05, 3.63) is 64.7 Å². The number of nitrogens with zero attached hydrogens (tertiary/aromatic N) is 3. The van der Waals surface area contributed by atoms with Crippen LogP contribution in [-0.2, 0) is 9.84 Å². The number of non-ortho nitro benzene ring substituents is 1. The molecule has 0 aliphatic rings. The summed E-state index contributed by atoms with van der Waals surface area (Å²) in [6.45, 7) is 0. The molecule has 3 aromatic rings. The summed E-state index contributed by atoms with van der Waals surface area (Å²) >= 11 is -0.647. The Morgan fingerprint density at radius 3 is 2.26 bits per heavy atom. The molecular weight excluding hydrogens is 385 g/mol. The van der Waals surface area contributed by atoms with Crippen LogP contribution in [0.1, 0.15) is 0 Å². The van der Waals surface area contributed by atoms with Gasteiger partial charge in [0.15, 0.2) is 0 Å². The molecule has 1 heterocycles. The van der Waals surface area contributed by atoms with Crippen LogP contribution in [0.15, 0.2) is 63.3 Å². The van der Waals surface area contributed by atoms with Gasteiger partial charge < -0.3 is 0 Å². The van der Waals surface area contributed by atoms with E-state index in [1.54, 1.807) is 18.2 Å². The standard InChI is InChI=1S/C14H9N3O4SSe/c18-17(19)11-8-6-10(7-9-11)13-14(23-16-15-13)22(20,21)12-4-2-1-3-5-12/h1-9H. The van der Waals surface area contributed by atoms with Crippen LogP contribution >= 0.6 is 0 Å². The van der Waals surface area contributed by atoms with Crippen LogP contribution in [0.5, 0.6) is 0 Å². The zero-order valence-electron chi connectivity index (χ0n) is 11.5. The number of hydrogen-bond donors (Lipinski definition) is 0. The molecule has 0 bridgehead atoms.